The first kappa shape index (κ1) is 11.9. The molecule has 0 amide bonds. The Bertz CT molecular complexity index is 995. The minimum atomic E-state index is -0.145. The van der Waals surface area contributed by atoms with E-state index in [-0.39, 0.29) is 5.56 Å². The van der Waals surface area contributed by atoms with Gasteiger partial charge >= 0.3 is 0 Å². The molecule has 0 aliphatic carbocycles. The molecule has 1 N–H and O–H groups in total. The molecule has 0 spiro atoms. The highest BCUT2D eigenvalue weighted by molar-refractivity contribution is 5.84. The number of hydrogen-bond acceptors (Lipinski definition) is 3. The van der Waals surface area contributed by atoms with Crippen molar-refractivity contribution < 1.29 is 4.42 Å². The summed E-state index contributed by atoms with van der Waals surface area (Å²) in [6.07, 6.45) is 0. The number of rotatable bonds is 1. The van der Waals surface area contributed by atoms with E-state index >= 15 is 0 Å². The van der Waals surface area contributed by atoms with Gasteiger partial charge in [-0.25, -0.2) is 4.98 Å². The van der Waals surface area contributed by atoms with Crippen molar-refractivity contribution in [1.82, 2.24) is 9.97 Å². The summed E-state index contributed by atoms with van der Waals surface area (Å²) in [6.45, 7) is 1.90. The summed E-state index contributed by atoms with van der Waals surface area (Å²) >= 11 is 0. The number of para-hydroxylation sites is 1. The van der Waals surface area contributed by atoms with Crippen LogP contribution >= 0.6 is 0 Å². The maximum atomic E-state index is 12.3. The summed E-state index contributed by atoms with van der Waals surface area (Å²) in [5.41, 5.74) is 2.22. The average Bonchev–Trinajstić information content (AvgIpc) is 2.91. The van der Waals surface area contributed by atoms with Crippen molar-refractivity contribution >= 4 is 21.9 Å². The molecule has 4 rings (SSSR count). The van der Waals surface area contributed by atoms with Gasteiger partial charge in [-0.3, -0.25) is 4.79 Å². The molecule has 0 atom stereocenters. The third-order valence-corrected chi connectivity index (χ3v) is 3.60. The second-order valence-corrected chi connectivity index (χ2v) is 5.03. The van der Waals surface area contributed by atoms with Gasteiger partial charge in [0.15, 0.2) is 11.6 Å². The Balaban J connectivity index is 2.00. The zero-order chi connectivity index (χ0) is 14.4. The average molecular weight is 276 g/mol. The molecule has 4 aromatic rings. The Morgan fingerprint density at radius 3 is 2.81 bits per heavy atom. The molecule has 0 fully saturated rings. The van der Waals surface area contributed by atoms with Crippen LogP contribution in [0.15, 0.2) is 57.7 Å². The van der Waals surface area contributed by atoms with Gasteiger partial charge in [0.25, 0.3) is 5.56 Å². The summed E-state index contributed by atoms with van der Waals surface area (Å²) in [6, 6.07) is 15.2. The fraction of sp³-hybridized carbons (Fsp3) is 0.0588. The van der Waals surface area contributed by atoms with E-state index in [4.69, 9.17) is 4.42 Å². The number of hydrogen-bond donors (Lipinski definition) is 1. The highest BCUT2D eigenvalue weighted by Gasteiger charge is 2.11. The minimum absolute atomic E-state index is 0.145. The molecule has 0 aliphatic rings. The Morgan fingerprint density at radius 2 is 1.95 bits per heavy atom. The van der Waals surface area contributed by atoms with Gasteiger partial charge in [-0.15, -0.1) is 0 Å². The molecule has 0 bridgehead atoms. The lowest BCUT2D eigenvalue weighted by molar-refractivity contribution is 0.625. The fourth-order valence-electron chi connectivity index (χ4n) is 2.57. The van der Waals surface area contributed by atoms with Crippen molar-refractivity contribution in [3.63, 3.8) is 0 Å². The molecule has 0 radical (unpaired) electrons. The first-order valence-corrected chi connectivity index (χ1v) is 6.71. The number of aryl methyl sites for hydroxylation is 1. The van der Waals surface area contributed by atoms with Gasteiger partial charge in [-0.2, -0.15) is 0 Å². The third kappa shape index (κ3) is 1.84. The van der Waals surface area contributed by atoms with Gasteiger partial charge in [0, 0.05) is 5.39 Å². The summed E-state index contributed by atoms with van der Waals surface area (Å²) in [7, 11) is 0. The van der Waals surface area contributed by atoms with Gasteiger partial charge < -0.3 is 9.40 Å². The molecule has 2 heterocycles. The Morgan fingerprint density at radius 1 is 1.10 bits per heavy atom. The number of aromatic amines is 1. The maximum Gasteiger partial charge on any atom is 0.259 e. The van der Waals surface area contributed by atoms with E-state index in [1.165, 1.54) is 0 Å². The van der Waals surface area contributed by atoms with Gasteiger partial charge in [-0.1, -0.05) is 30.3 Å². The molecule has 21 heavy (non-hydrogen) atoms. The summed E-state index contributed by atoms with van der Waals surface area (Å²) in [5, 5.41) is 1.61. The molecule has 2 aromatic heterocycles. The topological polar surface area (TPSA) is 58.9 Å². The van der Waals surface area contributed by atoms with E-state index in [0.29, 0.717) is 22.5 Å². The van der Waals surface area contributed by atoms with Crippen LogP contribution in [0.2, 0.25) is 0 Å². The lowest BCUT2D eigenvalue weighted by Gasteiger charge is -2.02. The number of fused-ring (bicyclic) bond motifs is 2. The van der Waals surface area contributed by atoms with E-state index in [1.807, 2.05) is 55.5 Å². The van der Waals surface area contributed by atoms with Crippen LogP contribution in [0.3, 0.4) is 0 Å². The molecule has 0 saturated heterocycles. The van der Waals surface area contributed by atoms with Crippen LogP contribution in [0.4, 0.5) is 0 Å². The second kappa shape index (κ2) is 4.31. The van der Waals surface area contributed by atoms with Gasteiger partial charge in [0.05, 0.1) is 10.9 Å². The van der Waals surface area contributed by atoms with Gasteiger partial charge in [0.1, 0.15) is 5.58 Å². The number of furan rings is 1. The quantitative estimate of drug-likeness (QED) is 0.577. The van der Waals surface area contributed by atoms with Crippen molar-refractivity contribution in [2.24, 2.45) is 0 Å². The van der Waals surface area contributed by atoms with Crippen LogP contribution in [-0.4, -0.2) is 9.97 Å². The van der Waals surface area contributed by atoms with E-state index in [0.717, 1.165) is 16.5 Å². The molecule has 0 saturated carbocycles. The summed E-state index contributed by atoms with van der Waals surface area (Å²) < 4.78 is 5.76. The van der Waals surface area contributed by atoms with Crippen LogP contribution in [0.1, 0.15) is 5.56 Å². The van der Waals surface area contributed by atoms with E-state index in [1.54, 1.807) is 0 Å². The van der Waals surface area contributed by atoms with Gasteiger partial charge in [-0.05, 0) is 30.7 Å². The van der Waals surface area contributed by atoms with Crippen molar-refractivity contribution in [3.05, 3.63) is 64.4 Å². The molecule has 0 unspecified atom stereocenters. The molecular weight excluding hydrogens is 264 g/mol. The van der Waals surface area contributed by atoms with Crippen LogP contribution in [0.25, 0.3) is 33.5 Å². The van der Waals surface area contributed by atoms with Crippen molar-refractivity contribution in [1.29, 1.82) is 0 Å². The first-order chi connectivity index (χ1) is 10.2. The number of nitrogens with zero attached hydrogens (tertiary/aromatic N) is 1. The van der Waals surface area contributed by atoms with Crippen molar-refractivity contribution in [2.75, 3.05) is 0 Å². The highest BCUT2D eigenvalue weighted by Crippen LogP contribution is 2.25. The Kier molecular flexibility index (Phi) is 2.44. The summed E-state index contributed by atoms with van der Waals surface area (Å²) in [5.74, 6) is 1.02. The lowest BCUT2D eigenvalue weighted by atomic mass is 10.1. The largest absolute Gasteiger partial charge is 0.453 e. The van der Waals surface area contributed by atoms with Crippen LogP contribution in [0.5, 0.6) is 0 Å². The Labute approximate surface area is 120 Å². The number of H-pyrrole nitrogens is 1. The van der Waals surface area contributed by atoms with E-state index in [9.17, 15) is 4.79 Å². The number of aromatic nitrogens is 2. The minimum Gasteiger partial charge on any atom is -0.453 e. The number of nitrogens with one attached hydrogen (secondary N) is 1. The van der Waals surface area contributed by atoms with Crippen LogP contribution in [-0.2, 0) is 0 Å². The predicted octanol–water partition coefficient (Wildman–Crippen LogP) is 3.64. The van der Waals surface area contributed by atoms with Crippen LogP contribution < -0.4 is 5.56 Å². The molecule has 4 heteroatoms. The van der Waals surface area contributed by atoms with Gasteiger partial charge in [0.2, 0.25) is 0 Å². The SMILES string of the molecule is Cc1cccc2nc(-c3cc4ccccc4o3)[nH]c(=O)c12. The van der Waals surface area contributed by atoms with E-state index < -0.39 is 0 Å². The van der Waals surface area contributed by atoms with E-state index in [2.05, 4.69) is 9.97 Å². The second-order valence-electron chi connectivity index (χ2n) is 5.03. The summed E-state index contributed by atoms with van der Waals surface area (Å²) in [4.78, 5) is 19.6. The first-order valence-electron chi connectivity index (χ1n) is 6.71. The molecular formula is C17H12N2O2. The molecule has 0 aliphatic heterocycles. The molecule has 4 nitrogen and oxygen atoms in total. The van der Waals surface area contributed by atoms with Crippen LogP contribution in [0, 0.1) is 6.92 Å². The van der Waals surface area contributed by atoms with Crippen molar-refractivity contribution in [3.8, 4) is 11.6 Å². The maximum absolute atomic E-state index is 12.3. The standard InChI is InChI=1S/C17H12N2O2/c1-10-5-4-7-12-15(10)17(20)19-16(18-12)14-9-11-6-2-3-8-13(11)21-14/h2-9H,1H3,(H,18,19,20). The fourth-order valence-corrected chi connectivity index (χ4v) is 2.57. The molecule has 102 valence electrons. The normalized spacial score (nSPS) is 11.3. The predicted molar refractivity (Wildman–Crippen MR) is 82.3 cm³/mol. The lowest BCUT2D eigenvalue weighted by Crippen LogP contribution is -2.10. The smallest absolute Gasteiger partial charge is 0.259 e. The highest BCUT2D eigenvalue weighted by atomic mass is 16.3. The molecule has 2 aromatic carbocycles. The number of benzene rings is 2. The Hall–Kier alpha value is -2.88. The van der Waals surface area contributed by atoms with Crippen molar-refractivity contribution in [2.45, 2.75) is 6.92 Å². The monoisotopic (exact) mass is 276 g/mol. The zero-order valence-corrected chi connectivity index (χ0v) is 11.4. The third-order valence-electron chi connectivity index (χ3n) is 3.60. The zero-order valence-electron chi connectivity index (χ0n) is 11.4.